The van der Waals surface area contributed by atoms with Gasteiger partial charge in [-0.25, -0.2) is 0 Å². The van der Waals surface area contributed by atoms with Crippen molar-refractivity contribution in [1.29, 1.82) is 0 Å². The number of aliphatic hydroxyl groups is 1. The van der Waals surface area contributed by atoms with Crippen molar-refractivity contribution in [3.05, 3.63) is 65.7 Å². The summed E-state index contributed by atoms with van der Waals surface area (Å²) in [6, 6.07) is 16.2. The molecule has 0 amide bonds. The van der Waals surface area contributed by atoms with Crippen LogP contribution < -0.4 is 0 Å². The van der Waals surface area contributed by atoms with Crippen molar-refractivity contribution >= 4 is 6.21 Å². The number of phenols is 1. The number of aliphatic hydroxyl groups excluding tert-OH is 1. The van der Waals surface area contributed by atoms with Crippen LogP contribution in [0.25, 0.3) is 0 Å². The van der Waals surface area contributed by atoms with Crippen LogP contribution in [0.15, 0.2) is 59.6 Å². The normalized spacial score (nSPS) is 12.7. The molecule has 2 N–H and O–H groups in total. The number of rotatable bonds is 4. The first kappa shape index (κ1) is 12.3. The van der Waals surface area contributed by atoms with E-state index in [9.17, 15) is 5.11 Å². The molecular weight excluding hydrogens is 226 g/mol. The molecule has 0 aliphatic heterocycles. The highest BCUT2D eigenvalue weighted by Crippen LogP contribution is 2.12. The second-order valence-corrected chi connectivity index (χ2v) is 4.01. The van der Waals surface area contributed by atoms with Crippen molar-refractivity contribution in [3.63, 3.8) is 0 Å². The van der Waals surface area contributed by atoms with Gasteiger partial charge in [-0.15, -0.1) is 0 Å². The van der Waals surface area contributed by atoms with Crippen molar-refractivity contribution < 1.29 is 10.2 Å². The minimum absolute atomic E-state index is 0.233. The molecule has 1 unspecified atom stereocenters. The lowest BCUT2D eigenvalue weighted by Gasteiger charge is -2.07. The van der Waals surface area contributed by atoms with Gasteiger partial charge < -0.3 is 10.2 Å². The fourth-order valence-corrected chi connectivity index (χ4v) is 1.60. The largest absolute Gasteiger partial charge is 0.508 e. The van der Waals surface area contributed by atoms with E-state index < -0.39 is 6.10 Å². The first-order chi connectivity index (χ1) is 8.75. The fourth-order valence-electron chi connectivity index (χ4n) is 1.60. The van der Waals surface area contributed by atoms with Crippen LogP contribution in [-0.4, -0.2) is 23.0 Å². The zero-order valence-electron chi connectivity index (χ0n) is 9.90. The third-order valence-electron chi connectivity index (χ3n) is 2.60. The average molecular weight is 241 g/mol. The minimum Gasteiger partial charge on any atom is -0.508 e. The predicted octanol–water partition coefficient (Wildman–Crippen LogP) is 2.54. The van der Waals surface area contributed by atoms with Crippen LogP contribution >= 0.6 is 0 Å². The molecule has 92 valence electrons. The number of aromatic hydroxyl groups is 1. The van der Waals surface area contributed by atoms with E-state index in [-0.39, 0.29) is 5.75 Å². The van der Waals surface area contributed by atoms with Gasteiger partial charge in [0.1, 0.15) is 5.75 Å². The highest BCUT2D eigenvalue weighted by Gasteiger charge is 2.04. The van der Waals surface area contributed by atoms with Gasteiger partial charge in [-0.05, 0) is 35.4 Å². The van der Waals surface area contributed by atoms with E-state index in [1.54, 1.807) is 30.5 Å². The Hall–Kier alpha value is -2.13. The van der Waals surface area contributed by atoms with Gasteiger partial charge in [0.2, 0.25) is 0 Å². The predicted molar refractivity (Wildman–Crippen MR) is 72.0 cm³/mol. The Morgan fingerprint density at radius 3 is 2.33 bits per heavy atom. The lowest BCUT2D eigenvalue weighted by Crippen LogP contribution is -2.01. The number of hydrogen-bond acceptors (Lipinski definition) is 3. The van der Waals surface area contributed by atoms with E-state index in [0.29, 0.717) is 6.54 Å². The summed E-state index contributed by atoms with van der Waals surface area (Å²) in [4.78, 5) is 4.19. The van der Waals surface area contributed by atoms with E-state index in [1.807, 2.05) is 30.3 Å². The molecule has 0 spiro atoms. The average Bonchev–Trinajstić information content (AvgIpc) is 2.42. The topological polar surface area (TPSA) is 52.8 Å². The maximum absolute atomic E-state index is 9.89. The minimum atomic E-state index is -0.584. The molecule has 2 rings (SSSR count). The number of phenolic OH excluding ortho intramolecular Hbond substituents is 1. The van der Waals surface area contributed by atoms with E-state index >= 15 is 0 Å². The zero-order chi connectivity index (χ0) is 12.8. The van der Waals surface area contributed by atoms with Gasteiger partial charge in [-0.2, -0.15) is 0 Å². The third kappa shape index (κ3) is 3.43. The smallest absolute Gasteiger partial charge is 0.115 e. The van der Waals surface area contributed by atoms with Crippen molar-refractivity contribution in [2.24, 2.45) is 4.99 Å². The maximum atomic E-state index is 9.89. The third-order valence-corrected chi connectivity index (χ3v) is 2.60. The Morgan fingerprint density at radius 2 is 1.67 bits per heavy atom. The van der Waals surface area contributed by atoms with Crippen LogP contribution in [0, 0.1) is 0 Å². The van der Waals surface area contributed by atoms with E-state index in [1.165, 1.54) is 0 Å². The van der Waals surface area contributed by atoms with Crippen LogP contribution in [0.5, 0.6) is 5.75 Å². The number of aliphatic imine (C=N–C) groups is 1. The molecular formula is C15H15NO2. The summed E-state index contributed by atoms with van der Waals surface area (Å²) >= 11 is 0. The van der Waals surface area contributed by atoms with Crippen LogP contribution in [0.3, 0.4) is 0 Å². The van der Waals surface area contributed by atoms with Crippen molar-refractivity contribution in [2.75, 3.05) is 6.54 Å². The highest BCUT2D eigenvalue weighted by atomic mass is 16.3. The van der Waals surface area contributed by atoms with Gasteiger partial charge in [0.15, 0.2) is 0 Å². The Labute approximate surface area is 106 Å². The molecule has 1 atom stereocenters. The summed E-state index contributed by atoms with van der Waals surface area (Å²) < 4.78 is 0. The van der Waals surface area contributed by atoms with Crippen molar-refractivity contribution in [3.8, 4) is 5.75 Å². The Morgan fingerprint density at radius 1 is 1.00 bits per heavy atom. The van der Waals surface area contributed by atoms with Crippen molar-refractivity contribution in [1.82, 2.24) is 0 Å². The molecule has 18 heavy (non-hydrogen) atoms. The number of hydrogen-bond donors (Lipinski definition) is 2. The first-order valence-electron chi connectivity index (χ1n) is 5.77. The summed E-state index contributed by atoms with van der Waals surface area (Å²) in [5.41, 5.74) is 1.76. The quantitative estimate of drug-likeness (QED) is 0.808. The van der Waals surface area contributed by atoms with Gasteiger partial charge in [0.25, 0.3) is 0 Å². The monoisotopic (exact) mass is 241 g/mol. The Balaban J connectivity index is 1.93. The molecule has 0 bridgehead atoms. The molecule has 0 saturated heterocycles. The van der Waals surface area contributed by atoms with Gasteiger partial charge >= 0.3 is 0 Å². The molecule has 3 nitrogen and oxygen atoms in total. The van der Waals surface area contributed by atoms with Gasteiger partial charge in [0.05, 0.1) is 12.6 Å². The van der Waals surface area contributed by atoms with Crippen molar-refractivity contribution in [2.45, 2.75) is 6.10 Å². The van der Waals surface area contributed by atoms with Crippen LogP contribution in [0.1, 0.15) is 17.2 Å². The van der Waals surface area contributed by atoms with Crippen LogP contribution in [0.2, 0.25) is 0 Å². The van der Waals surface area contributed by atoms with E-state index in [0.717, 1.165) is 11.1 Å². The molecule has 0 radical (unpaired) electrons. The summed E-state index contributed by atoms with van der Waals surface area (Å²) in [6.45, 7) is 0.324. The fraction of sp³-hybridized carbons (Fsp3) is 0.133. The summed E-state index contributed by atoms with van der Waals surface area (Å²) in [7, 11) is 0. The number of benzene rings is 2. The van der Waals surface area contributed by atoms with E-state index in [4.69, 9.17) is 5.11 Å². The second kappa shape index (κ2) is 5.98. The summed E-state index contributed by atoms with van der Waals surface area (Å²) in [5.74, 6) is 0.233. The molecule has 0 fully saturated rings. The molecule has 3 heteroatoms. The lowest BCUT2D eigenvalue weighted by molar-refractivity contribution is 0.187. The lowest BCUT2D eigenvalue weighted by atomic mass is 10.1. The number of nitrogens with zero attached hydrogens (tertiary/aromatic N) is 1. The van der Waals surface area contributed by atoms with Gasteiger partial charge in [-0.3, -0.25) is 4.99 Å². The molecule has 2 aromatic rings. The molecule has 0 aliphatic rings. The molecule has 2 aromatic carbocycles. The van der Waals surface area contributed by atoms with E-state index in [2.05, 4.69) is 4.99 Å². The molecule has 0 aliphatic carbocycles. The Bertz CT molecular complexity index is 506. The zero-order valence-corrected chi connectivity index (χ0v) is 9.90. The molecule has 0 heterocycles. The molecule has 0 saturated carbocycles. The molecule has 0 aromatic heterocycles. The first-order valence-corrected chi connectivity index (χ1v) is 5.77. The Kier molecular flexibility index (Phi) is 4.10. The summed E-state index contributed by atoms with van der Waals surface area (Å²) in [6.07, 6.45) is 1.10. The standard InChI is InChI=1S/C15H15NO2/c17-14-8-6-12(7-9-14)10-16-11-15(18)13-4-2-1-3-5-13/h1-10,15,17-18H,11H2. The van der Waals surface area contributed by atoms with Crippen LogP contribution in [-0.2, 0) is 0 Å². The second-order valence-electron chi connectivity index (χ2n) is 4.01. The summed E-state index contributed by atoms with van der Waals surface area (Å²) in [5, 5.41) is 19.0. The van der Waals surface area contributed by atoms with Gasteiger partial charge in [0, 0.05) is 6.21 Å². The van der Waals surface area contributed by atoms with Gasteiger partial charge in [-0.1, -0.05) is 30.3 Å². The SMILES string of the molecule is Oc1ccc(C=NCC(O)c2ccccc2)cc1. The highest BCUT2D eigenvalue weighted by molar-refractivity contribution is 5.79. The van der Waals surface area contributed by atoms with Crippen LogP contribution in [0.4, 0.5) is 0 Å². The maximum Gasteiger partial charge on any atom is 0.115 e.